The maximum Gasteiger partial charge on any atom is 0.0845 e. The molecule has 0 saturated carbocycles. The second kappa shape index (κ2) is 6.98. The molecule has 0 fully saturated rings. The molecule has 0 aliphatic heterocycles. The monoisotopic (exact) mass is 256 g/mol. The van der Waals surface area contributed by atoms with Crippen LogP contribution in [0.2, 0.25) is 0 Å². The van der Waals surface area contributed by atoms with Crippen molar-refractivity contribution in [2.24, 2.45) is 0 Å². The van der Waals surface area contributed by atoms with E-state index < -0.39 is 7.92 Å². The average Bonchev–Trinajstić information content (AvgIpc) is 2.46. The van der Waals surface area contributed by atoms with Crippen molar-refractivity contribution in [3.05, 3.63) is 72.7 Å². The molecule has 2 heteroatoms. The number of benzene rings is 2. The minimum atomic E-state index is -0.468. The van der Waals surface area contributed by atoms with E-state index in [2.05, 4.69) is 54.3 Å². The summed E-state index contributed by atoms with van der Waals surface area (Å²) in [4.78, 5) is 0. The van der Waals surface area contributed by atoms with Gasteiger partial charge in [0.25, 0.3) is 0 Å². The van der Waals surface area contributed by atoms with Crippen LogP contribution < -0.4 is 10.6 Å². The Balaban J connectivity index is 2.29. The molecule has 2 rings (SSSR count). The van der Waals surface area contributed by atoms with Crippen molar-refractivity contribution in [1.29, 1.82) is 0 Å². The number of rotatable bonds is 5. The van der Waals surface area contributed by atoms with Crippen LogP contribution in [0.4, 0.5) is 0 Å². The van der Waals surface area contributed by atoms with Crippen molar-refractivity contribution in [3.63, 3.8) is 0 Å². The Morgan fingerprint density at radius 2 is 1.39 bits per heavy atom. The second-order valence-corrected chi connectivity index (χ2v) is 5.85. The molecule has 0 spiro atoms. The third kappa shape index (κ3) is 3.45. The minimum absolute atomic E-state index is 0.468. The van der Waals surface area contributed by atoms with E-state index in [0.717, 1.165) is 0 Å². The summed E-state index contributed by atoms with van der Waals surface area (Å²) < 4.78 is 5.34. The van der Waals surface area contributed by atoms with Crippen LogP contribution in [0.3, 0.4) is 0 Å². The molecule has 0 aromatic heterocycles. The van der Waals surface area contributed by atoms with Crippen molar-refractivity contribution >= 4 is 18.5 Å². The normalized spacial score (nSPS) is 11.0. The van der Waals surface area contributed by atoms with Crippen LogP contribution in [-0.2, 0) is 4.74 Å². The molecule has 0 saturated heterocycles. The third-order valence-electron chi connectivity index (χ3n) is 2.54. The van der Waals surface area contributed by atoms with Gasteiger partial charge in [-0.3, -0.25) is 0 Å². The Morgan fingerprint density at radius 1 is 0.889 bits per heavy atom. The van der Waals surface area contributed by atoms with Gasteiger partial charge in [-0.25, -0.2) is 0 Å². The van der Waals surface area contributed by atoms with Crippen molar-refractivity contribution in [3.8, 4) is 0 Å². The lowest BCUT2D eigenvalue weighted by molar-refractivity contribution is 0.270. The van der Waals surface area contributed by atoms with Gasteiger partial charge in [0.2, 0.25) is 0 Å². The first-order chi connectivity index (χ1) is 8.92. The van der Waals surface area contributed by atoms with E-state index >= 15 is 0 Å². The molecule has 0 aliphatic carbocycles. The lowest BCUT2D eigenvalue weighted by Crippen LogP contribution is -2.09. The van der Waals surface area contributed by atoms with Gasteiger partial charge in [-0.05, 0) is 31.3 Å². The molecule has 0 radical (unpaired) electrons. The molecular formula is C16H17OP. The summed E-state index contributed by atoms with van der Waals surface area (Å²) in [6, 6.07) is 21.1. The van der Waals surface area contributed by atoms with E-state index in [-0.39, 0.29) is 0 Å². The van der Waals surface area contributed by atoms with Crippen LogP contribution in [0.5, 0.6) is 0 Å². The van der Waals surface area contributed by atoms with E-state index in [9.17, 15) is 0 Å². The van der Waals surface area contributed by atoms with Gasteiger partial charge in [0, 0.05) is 0 Å². The highest BCUT2D eigenvalue weighted by atomic mass is 31.1. The molecule has 0 bridgehead atoms. The van der Waals surface area contributed by atoms with Gasteiger partial charge >= 0.3 is 0 Å². The van der Waals surface area contributed by atoms with E-state index in [1.165, 1.54) is 10.6 Å². The number of hydrogen-bond acceptors (Lipinski definition) is 1. The summed E-state index contributed by atoms with van der Waals surface area (Å²) in [5.41, 5.74) is 0. The fourth-order valence-electron chi connectivity index (χ4n) is 1.70. The van der Waals surface area contributed by atoms with Crippen LogP contribution in [0.15, 0.2) is 72.7 Å². The lowest BCUT2D eigenvalue weighted by Gasteiger charge is -2.14. The second-order valence-electron chi connectivity index (χ2n) is 3.78. The standard InChI is InChI=1S/C16H17OP/c1-2-17-13-14-18(15-9-5-3-6-10-15)16-11-7-4-8-12-16/h3-14H,2H2,1H3/b14-13-. The highest BCUT2D eigenvalue weighted by Gasteiger charge is 2.09. The van der Waals surface area contributed by atoms with Crippen LogP contribution in [0.25, 0.3) is 0 Å². The molecule has 18 heavy (non-hydrogen) atoms. The highest BCUT2D eigenvalue weighted by molar-refractivity contribution is 7.75. The molecule has 0 unspecified atom stereocenters. The molecule has 1 nitrogen and oxygen atoms in total. The molecule has 2 aromatic carbocycles. The van der Waals surface area contributed by atoms with Gasteiger partial charge in [-0.1, -0.05) is 60.7 Å². The van der Waals surface area contributed by atoms with Crippen molar-refractivity contribution in [2.45, 2.75) is 6.92 Å². The summed E-state index contributed by atoms with van der Waals surface area (Å²) in [5, 5.41) is 2.68. The summed E-state index contributed by atoms with van der Waals surface area (Å²) in [7, 11) is -0.468. The van der Waals surface area contributed by atoms with Crippen molar-refractivity contribution in [2.75, 3.05) is 6.61 Å². The maximum absolute atomic E-state index is 5.34. The summed E-state index contributed by atoms with van der Waals surface area (Å²) in [6.45, 7) is 2.71. The molecule has 0 atom stereocenters. The quantitative estimate of drug-likeness (QED) is 0.586. The van der Waals surface area contributed by atoms with Crippen LogP contribution in [0, 0.1) is 0 Å². The SMILES string of the molecule is CCO/C=C\P(c1ccccc1)c1ccccc1. The average molecular weight is 256 g/mol. The first-order valence-corrected chi connectivity index (χ1v) is 7.50. The Bertz CT molecular complexity index is 439. The molecule has 92 valence electrons. The van der Waals surface area contributed by atoms with Crippen LogP contribution in [0.1, 0.15) is 6.92 Å². The maximum atomic E-state index is 5.34. The van der Waals surface area contributed by atoms with E-state index in [1.54, 1.807) is 0 Å². The topological polar surface area (TPSA) is 9.23 Å². The Morgan fingerprint density at radius 3 is 1.83 bits per heavy atom. The van der Waals surface area contributed by atoms with Gasteiger partial charge in [-0.15, -0.1) is 0 Å². The van der Waals surface area contributed by atoms with Crippen LogP contribution in [-0.4, -0.2) is 6.61 Å². The molecular weight excluding hydrogens is 239 g/mol. The molecule has 0 N–H and O–H groups in total. The Kier molecular flexibility index (Phi) is 4.99. The molecule has 0 aliphatic rings. The zero-order chi connectivity index (χ0) is 12.6. The van der Waals surface area contributed by atoms with E-state index in [1.807, 2.05) is 25.3 Å². The van der Waals surface area contributed by atoms with Crippen molar-refractivity contribution < 1.29 is 4.74 Å². The fraction of sp³-hybridized carbons (Fsp3) is 0.125. The van der Waals surface area contributed by atoms with Gasteiger partial charge in [0.15, 0.2) is 0 Å². The first-order valence-electron chi connectivity index (χ1n) is 6.09. The molecule has 0 heterocycles. The number of hydrogen-bond donors (Lipinski definition) is 0. The van der Waals surface area contributed by atoms with Gasteiger partial charge in [0.1, 0.15) is 0 Å². The smallest absolute Gasteiger partial charge is 0.0845 e. The minimum Gasteiger partial charge on any atom is -0.501 e. The predicted octanol–water partition coefficient (Wildman–Crippen LogP) is 3.63. The van der Waals surface area contributed by atoms with E-state index in [4.69, 9.17) is 4.74 Å². The van der Waals surface area contributed by atoms with Crippen molar-refractivity contribution in [1.82, 2.24) is 0 Å². The predicted molar refractivity (Wildman–Crippen MR) is 79.8 cm³/mol. The Hall–Kier alpha value is -1.59. The van der Waals surface area contributed by atoms with Gasteiger partial charge in [-0.2, -0.15) is 0 Å². The largest absolute Gasteiger partial charge is 0.501 e. The fourth-order valence-corrected chi connectivity index (χ4v) is 3.54. The zero-order valence-corrected chi connectivity index (χ0v) is 11.4. The molecule has 0 amide bonds. The summed E-state index contributed by atoms with van der Waals surface area (Å²) >= 11 is 0. The van der Waals surface area contributed by atoms with E-state index in [0.29, 0.717) is 6.61 Å². The number of ether oxygens (including phenoxy) is 1. The Labute approximate surface area is 110 Å². The van der Waals surface area contributed by atoms with Crippen LogP contribution >= 0.6 is 7.92 Å². The van der Waals surface area contributed by atoms with Gasteiger partial charge in [0.05, 0.1) is 12.9 Å². The summed E-state index contributed by atoms with van der Waals surface area (Å²) in [5.74, 6) is 2.17. The third-order valence-corrected chi connectivity index (χ3v) is 4.67. The zero-order valence-electron chi connectivity index (χ0n) is 10.5. The van der Waals surface area contributed by atoms with Gasteiger partial charge < -0.3 is 4.74 Å². The first kappa shape index (κ1) is 12.9. The highest BCUT2D eigenvalue weighted by Crippen LogP contribution is 2.34. The lowest BCUT2D eigenvalue weighted by atomic mass is 10.4. The molecule has 2 aromatic rings. The summed E-state index contributed by atoms with van der Waals surface area (Å²) in [6.07, 6.45) is 1.83.